The minimum Gasteiger partial charge on any atom is -0.368 e. The van der Waals surface area contributed by atoms with Crippen LogP contribution in [0.25, 0.3) is 0 Å². The first-order valence-corrected chi connectivity index (χ1v) is 6.65. The zero-order chi connectivity index (χ0) is 14.8. The molecule has 3 nitrogen and oxygen atoms in total. The van der Waals surface area contributed by atoms with E-state index >= 15 is 0 Å². The van der Waals surface area contributed by atoms with Crippen LogP contribution in [0.15, 0.2) is 18.5 Å². The van der Waals surface area contributed by atoms with Gasteiger partial charge in [0.1, 0.15) is 0 Å². The largest absolute Gasteiger partial charge is 0.417 e. The van der Waals surface area contributed by atoms with Gasteiger partial charge in [-0.05, 0) is 12.0 Å². The monoisotopic (exact) mass is 286 g/mol. The number of piperazine rings is 1. The number of alkyl halides is 3. The molecule has 0 saturated carbocycles. The molecule has 111 valence electrons. The Bertz CT molecular complexity index is 438. The van der Waals surface area contributed by atoms with E-state index in [4.69, 9.17) is 0 Å². The number of anilines is 1. The third-order valence-electron chi connectivity index (χ3n) is 3.33. The first-order chi connectivity index (χ1) is 9.36. The topological polar surface area (TPSA) is 19.4 Å². The maximum Gasteiger partial charge on any atom is 0.417 e. The van der Waals surface area contributed by atoms with E-state index in [0.29, 0.717) is 5.69 Å². The highest BCUT2D eigenvalue weighted by molar-refractivity contribution is 5.47. The highest BCUT2D eigenvalue weighted by Gasteiger charge is 2.31. The van der Waals surface area contributed by atoms with Crippen LogP contribution in [0.1, 0.15) is 19.4 Å². The average molecular weight is 286 g/mol. The van der Waals surface area contributed by atoms with Crippen molar-refractivity contribution in [2.75, 3.05) is 37.6 Å². The Morgan fingerprint density at radius 3 is 2.35 bits per heavy atom. The molecule has 1 aromatic heterocycles. The van der Waals surface area contributed by atoms with E-state index in [9.17, 15) is 13.2 Å². The number of hydrogen-bond acceptors (Lipinski definition) is 3. The number of aromatic nitrogens is 1. The number of halogens is 3. The maximum absolute atomic E-state index is 12.7. The van der Waals surface area contributed by atoms with Crippen LogP contribution in [0.5, 0.6) is 0 Å². The summed E-state index contributed by atoms with van der Waals surface area (Å²) in [5.41, 5.74) is -0.133. The number of rotatable bonds is 3. The minimum atomic E-state index is -4.33. The zero-order valence-corrected chi connectivity index (χ0v) is 11.7. The molecule has 0 atom stereocenters. The molecule has 20 heavy (non-hydrogen) atoms. The molecule has 2 rings (SSSR count). The predicted molar refractivity (Wildman–Crippen MR) is 72.5 cm³/mol. The van der Waals surface area contributed by atoms with Crippen LogP contribution < -0.4 is 4.90 Å². The summed E-state index contributed by atoms with van der Waals surface area (Å²) in [6, 6.07) is 1.18. The minimum absolute atomic E-state index is 0.552. The molecule has 0 unspecified atom stereocenters. The molecule has 2 heterocycles. The van der Waals surface area contributed by atoms with Gasteiger partial charge in [0.05, 0.1) is 17.4 Å². The second-order valence-electron chi connectivity index (χ2n) is 5.40. The molecule has 1 aliphatic rings. The van der Waals surface area contributed by atoms with Gasteiger partial charge in [-0.2, -0.15) is 13.2 Å². The molecular formula is C14H19F3N3. The summed E-state index contributed by atoms with van der Waals surface area (Å²) in [6.07, 6.45) is -1.96. The Balaban J connectivity index is 2.00. The molecule has 6 heteroatoms. The molecule has 0 bridgehead atoms. The summed E-state index contributed by atoms with van der Waals surface area (Å²) >= 11 is 0. The lowest BCUT2D eigenvalue weighted by Crippen LogP contribution is -2.47. The Hall–Kier alpha value is -1.30. The van der Waals surface area contributed by atoms with Crippen molar-refractivity contribution in [3.05, 3.63) is 29.9 Å². The van der Waals surface area contributed by atoms with Crippen molar-refractivity contribution < 1.29 is 13.2 Å². The third-order valence-corrected chi connectivity index (χ3v) is 3.33. The van der Waals surface area contributed by atoms with E-state index in [2.05, 4.69) is 23.7 Å². The van der Waals surface area contributed by atoms with Gasteiger partial charge in [0.25, 0.3) is 0 Å². The molecule has 1 saturated heterocycles. The van der Waals surface area contributed by atoms with Crippen molar-refractivity contribution >= 4 is 5.69 Å². The second-order valence-corrected chi connectivity index (χ2v) is 5.40. The Morgan fingerprint density at radius 1 is 1.15 bits per heavy atom. The smallest absolute Gasteiger partial charge is 0.368 e. The van der Waals surface area contributed by atoms with Crippen LogP contribution in [0.2, 0.25) is 0 Å². The maximum atomic E-state index is 12.7. The van der Waals surface area contributed by atoms with Gasteiger partial charge in [0.2, 0.25) is 0 Å². The molecule has 1 radical (unpaired) electrons. The third kappa shape index (κ3) is 3.85. The summed E-state index contributed by atoms with van der Waals surface area (Å²) in [7, 11) is 0. The Kier molecular flexibility index (Phi) is 4.52. The van der Waals surface area contributed by atoms with Crippen LogP contribution >= 0.6 is 0 Å². The lowest BCUT2D eigenvalue weighted by Gasteiger charge is -2.36. The van der Waals surface area contributed by atoms with Crippen LogP contribution in [0.4, 0.5) is 18.9 Å². The summed E-state index contributed by atoms with van der Waals surface area (Å²) < 4.78 is 38.0. The summed E-state index contributed by atoms with van der Waals surface area (Å²) in [6.45, 7) is 8.32. The zero-order valence-electron chi connectivity index (χ0n) is 11.7. The summed E-state index contributed by atoms with van der Waals surface area (Å²) in [5.74, 6) is 1.35. The molecule has 0 aromatic carbocycles. The Morgan fingerprint density at radius 2 is 1.80 bits per heavy atom. The lowest BCUT2D eigenvalue weighted by atomic mass is 10.2. The van der Waals surface area contributed by atoms with Gasteiger partial charge in [-0.25, -0.2) is 0 Å². The predicted octanol–water partition coefficient (Wildman–Crippen LogP) is 2.84. The highest BCUT2D eigenvalue weighted by Crippen LogP contribution is 2.31. The van der Waals surface area contributed by atoms with E-state index in [1.165, 1.54) is 18.2 Å². The van der Waals surface area contributed by atoms with Crippen molar-refractivity contribution in [3.8, 4) is 0 Å². The van der Waals surface area contributed by atoms with E-state index in [-0.39, 0.29) is 0 Å². The van der Waals surface area contributed by atoms with Crippen LogP contribution in [-0.4, -0.2) is 42.6 Å². The van der Waals surface area contributed by atoms with E-state index in [0.717, 1.165) is 38.9 Å². The van der Waals surface area contributed by atoms with Gasteiger partial charge in [-0.1, -0.05) is 13.8 Å². The van der Waals surface area contributed by atoms with Gasteiger partial charge in [-0.15, -0.1) is 0 Å². The molecule has 0 N–H and O–H groups in total. The average Bonchev–Trinajstić information content (AvgIpc) is 2.38. The molecule has 0 spiro atoms. The first kappa shape index (κ1) is 15.1. The van der Waals surface area contributed by atoms with Crippen molar-refractivity contribution in [1.82, 2.24) is 9.88 Å². The van der Waals surface area contributed by atoms with Crippen molar-refractivity contribution in [1.29, 1.82) is 0 Å². The fraction of sp³-hybridized carbons (Fsp3) is 0.571. The molecule has 0 aliphatic carbocycles. The number of hydrogen-bond donors (Lipinski definition) is 0. The van der Waals surface area contributed by atoms with Crippen molar-refractivity contribution in [2.45, 2.75) is 20.0 Å². The van der Waals surface area contributed by atoms with Crippen molar-refractivity contribution in [3.63, 3.8) is 0 Å². The first-order valence-electron chi connectivity index (χ1n) is 6.65. The molecular weight excluding hydrogens is 267 g/mol. The van der Waals surface area contributed by atoms with Gasteiger partial charge in [-0.3, -0.25) is 9.88 Å². The van der Waals surface area contributed by atoms with Gasteiger partial charge in [0, 0.05) is 38.9 Å². The van der Waals surface area contributed by atoms with Crippen LogP contribution in [0, 0.1) is 5.92 Å². The molecule has 1 fully saturated rings. The van der Waals surface area contributed by atoms with Crippen LogP contribution in [0.3, 0.4) is 0 Å². The standard InChI is InChI=1S/C14H19F3N3/c1-11(2)10-19-3-5-20(6-4-19)13-7-12(8-18-9-13)14(15,16)17/h7-9H,3-6,10H2,1-2H3. The Labute approximate surface area is 117 Å². The normalized spacial score (nSPS) is 17.8. The van der Waals surface area contributed by atoms with E-state index in [1.54, 1.807) is 0 Å². The quantitative estimate of drug-likeness (QED) is 0.852. The van der Waals surface area contributed by atoms with E-state index in [1.807, 2.05) is 4.90 Å². The lowest BCUT2D eigenvalue weighted by molar-refractivity contribution is -0.137. The molecule has 0 amide bonds. The van der Waals surface area contributed by atoms with Crippen LogP contribution in [-0.2, 0) is 6.18 Å². The summed E-state index contributed by atoms with van der Waals surface area (Å²) in [4.78, 5) is 7.99. The number of nitrogens with zero attached hydrogens (tertiary/aromatic N) is 3. The molecule has 1 aliphatic heterocycles. The van der Waals surface area contributed by atoms with E-state index < -0.39 is 11.7 Å². The van der Waals surface area contributed by atoms with Gasteiger partial charge < -0.3 is 4.90 Å². The van der Waals surface area contributed by atoms with Gasteiger partial charge in [0.15, 0.2) is 0 Å². The fourth-order valence-corrected chi connectivity index (χ4v) is 2.37. The fourth-order valence-electron chi connectivity index (χ4n) is 2.37. The highest BCUT2D eigenvalue weighted by atomic mass is 19.4. The van der Waals surface area contributed by atoms with Gasteiger partial charge >= 0.3 is 6.18 Å². The SMILES string of the molecule is C[C](C)CN1CCN(c2cncc(C(F)(F)F)c2)CC1. The second kappa shape index (κ2) is 5.99. The molecule has 1 aromatic rings. The van der Waals surface area contributed by atoms with Crippen molar-refractivity contribution in [2.24, 2.45) is 0 Å². The summed E-state index contributed by atoms with van der Waals surface area (Å²) in [5, 5.41) is 0. The number of pyridine rings is 1.